The minimum atomic E-state index is -1.72. The molecule has 1 aliphatic heterocycles. The molecule has 1 heterocycles. The van der Waals surface area contributed by atoms with Gasteiger partial charge in [-0.3, -0.25) is 0 Å². The van der Waals surface area contributed by atoms with Crippen LogP contribution in [0.1, 0.15) is 23.5 Å². The van der Waals surface area contributed by atoms with Crippen LogP contribution in [0.15, 0.2) is 48.5 Å². The summed E-state index contributed by atoms with van der Waals surface area (Å²) in [5.74, 6) is 0. The first-order valence-electron chi connectivity index (χ1n) is 6.75. The van der Waals surface area contributed by atoms with Crippen molar-refractivity contribution in [2.75, 3.05) is 0 Å². The summed E-state index contributed by atoms with van der Waals surface area (Å²) in [5.41, 5.74) is -0.396. The number of nitriles is 2. The van der Waals surface area contributed by atoms with E-state index in [9.17, 15) is 10.5 Å². The third kappa shape index (κ3) is 2.91. The maximum atomic E-state index is 9.49. The van der Waals surface area contributed by atoms with Crippen LogP contribution in [0.2, 0.25) is 10.0 Å². The highest BCUT2D eigenvalue weighted by Gasteiger charge is 2.52. The average Bonchev–Trinajstić information content (AvgIpc) is 2.96. The molecule has 1 fully saturated rings. The van der Waals surface area contributed by atoms with Crippen LogP contribution in [-0.2, 0) is 9.47 Å². The Bertz CT molecular complexity index is 777. The lowest BCUT2D eigenvalue weighted by Crippen LogP contribution is -2.30. The largest absolute Gasteiger partial charge is 0.335 e. The second-order valence-corrected chi connectivity index (χ2v) is 5.90. The van der Waals surface area contributed by atoms with Crippen molar-refractivity contribution in [3.63, 3.8) is 0 Å². The first kappa shape index (κ1) is 15.8. The van der Waals surface area contributed by atoms with Crippen molar-refractivity contribution >= 4 is 23.2 Å². The van der Waals surface area contributed by atoms with Gasteiger partial charge in [0.25, 0.3) is 5.60 Å². The van der Waals surface area contributed by atoms with Gasteiger partial charge in [0.05, 0.1) is 0 Å². The number of benzene rings is 2. The fourth-order valence-corrected chi connectivity index (χ4v) is 2.64. The Kier molecular flexibility index (Phi) is 4.26. The second kappa shape index (κ2) is 6.20. The number of rotatable bonds is 2. The van der Waals surface area contributed by atoms with Gasteiger partial charge in [0.1, 0.15) is 18.2 Å². The van der Waals surface area contributed by atoms with Crippen LogP contribution in [0.5, 0.6) is 0 Å². The van der Waals surface area contributed by atoms with Gasteiger partial charge in [-0.15, -0.1) is 0 Å². The molecule has 0 spiro atoms. The predicted molar refractivity (Wildman–Crippen MR) is 84.5 cm³/mol. The molecular formula is C17H10Cl2N2O2. The highest BCUT2D eigenvalue weighted by atomic mass is 35.5. The molecule has 0 N–H and O–H groups in total. The molecule has 114 valence electrons. The van der Waals surface area contributed by atoms with E-state index in [2.05, 4.69) is 0 Å². The summed E-state index contributed by atoms with van der Waals surface area (Å²) in [4.78, 5) is 0. The molecule has 6 heteroatoms. The lowest BCUT2D eigenvalue weighted by atomic mass is 9.94. The van der Waals surface area contributed by atoms with E-state index in [1.165, 1.54) is 0 Å². The van der Waals surface area contributed by atoms with Crippen molar-refractivity contribution in [1.29, 1.82) is 10.5 Å². The molecule has 2 unspecified atom stereocenters. The minimum Gasteiger partial charge on any atom is -0.335 e. The van der Waals surface area contributed by atoms with Crippen LogP contribution in [0.3, 0.4) is 0 Å². The van der Waals surface area contributed by atoms with Crippen LogP contribution >= 0.6 is 23.2 Å². The summed E-state index contributed by atoms with van der Waals surface area (Å²) in [5, 5.41) is 20.1. The van der Waals surface area contributed by atoms with Gasteiger partial charge in [-0.05, 0) is 29.8 Å². The van der Waals surface area contributed by atoms with E-state index in [4.69, 9.17) is 32.7 Å². The molecule has 23 heavy (non-hydrogen) atoms. The van der Waals surface area contributed by atoms with Crippen LogP contribution in [0.25, 0.3) is 0 Å². The van der Waals surface area contributed by atoms with Crippen molar-refractivity contribution < 1.29 is 9.47 Å². The minimum absolute atomic E-state index is 0.557. The molecule has 2 aromatic rings. The fourth-order valence-electron chi connectivity index (χ4n) is 2.39. The molecule has 1 saturated heterocycles. The summed E-state index contributed by atoms with van der Waals surface area (Å²) >= 11 is 11.8. The molecule has 3 rings (SSSR count). The van der Waals surface area contributed by atoms with E-state index >= 15 is 0 Å². The van der Waals surface area contributed by atoms with Gasteiger partial charge in [0, 0.05) is 15.6 Å². The number of ether oxygens (including phenoxy) is 2. The normalized spacial score (nSPS) is 22.3. The molecule has 2 aromatic carbocycles. The number of nitrogens with zero attached hydrogens (tertiary/aromatic N) is 2. The molecule has 0 radical (unpaired) electrons. The van der Waals surface area contributed by atoms with Gasteiger partial charge in [0.15, 0.2) is 6.29 Å². The number of halogens is 2. The summed E-state index contributed by atoms with van der Waals surface area (Å²) in [6, 6.07) is 17.5. The summed E-state index contributed by atoms with van der Waals surface area (Å²) in [6.45, 7) is 0. The first-order chi connectivity index (χ1) is 11.1. The van der Waals surface area contributed by atoms with E-state index in [1.54, 1.807) is 48.5 Å². The number of hydrogen-bond donors (Lipinski definition) is 0. The van der Waals surface area contributed by atoms with Gasteiger partial charge in [-0.2, -0.15) is 10.5 Å². The van der Waals surface area contributed by atoms with Gasteiger partial charge >= 0.3 is 0 Å². The van der Waals surface area contributed by atoms with Crippen molar-refractivity contribution in [1.82, 2.24) is 0 Å². The highest BCUT2D eigenvalue weighted by molar-refractivity contribution is 6.30. The van der Waals surface area contributed by atoms with E-state index in [-0.39, 0.29) is 0 Å². The van der Waals surface area contributed by atoms with Crippen LogP contribution in [0, 0.1) is 22.7 Å². The number of hydrogen-bond acceptors (Lipinski definition) is 4. The lowest BCUT2D eigenvalue weighted by molar-refractivity contribution is -0.0718. The Hall–Kier alpha value is -2.08. The molecule has 0 aliphatic carbocycles. The zero-order valence-electron chi connectivity index (χ0n) is 11.7. The molecule has 1 aliphatic rings. The van der Waals surface area contributed by atoms with Crippen molar-refractivity contribution in [2.45, 2.75) is 18.0 Å². The SMILES string of the molecule is N#CC1(C#N)OC(c2ccc(Cl)cc2)OC1c1ccc(Cl)cc1. The standard InChI is InChI=1S/C17H10Cl2N2O2/c18-13-5-1-11(2-6-13)15-17(9-20,10-21)23-16(22-15)12-3-7-14(19)8-4-12/h1-8,15-16H. The van der Waals surface area contributed by atoms with E-state index < -0.39 is 18.0 Å². The topological polar surface area (TPSA) is 66.0 Å². The smallest absolute Gasteiger partial charge is 0.274 e. The maximum absolute atomic E-state index is 9.49. The third-order valence-electron chi connectivity index (χ3n) is 3.57. The van der Waals surface area contributed by atoms with Crippen molar-refractivity contribution in [2.24, 2.45) is 0 Å². The quantitative estimate of drug-likeness (QED) is 0.800. The molecule has 4 nitrogen and oxygen atoms in total. The van der Waals surface area contributed by atoms with E-state index in [0.717, 1.165) is 0 Å². The second-order valence-electron chi connectivity index (χ2n) is 5.03. The molecular weight excluding hydrogens is 335 g/mol. The summed E-state index contributed by atoms with van der Waals surface area (Å²) < 4.78 is 11.5. The van der Waals surface area contributed by atoms with E-state index in [1.807, 2.05) is 12.1 Å². The summed E-state index contributed by atoms with van der Waals surface area (Å²) in [6.07, 6.45) is -1.66. The monoisotopic (exact) mass is 344 g/mol. The van der Waals surface area contributed by atoms with Gasteiger partial charge < -0.3 is 9.47 Å². The molecule has 0 amide bonds. The summed E-state index contributed by atoms with van der Waals surface area (Å²) in [7, 11) is 0. The zero-order chi connectivity index (χ0) is 16.4. The van der Waals surface area contributed by atoms with Crippen molar-refractivity contribution in [3.05, 3.63) is 69.7 Å². The Morgan fingerprint density at radius 1 is 0.826 bits per heavy atom. The Labute approximate surface area is 143 Å². The molecule has 0 bridgehead atoms. The van der Waals surface area contributed by atoms with E-state index in [0.29, 0.717) is 21.2 Å². The van der Waals surface area contributed by atoms with Gasteiger partial charge in [-0.1, -0.05) is 47.5 Å². The maximum Gasteiger partial charge on any atom is 0.274 e. The predicted octanol–water partition coefficient (Wildman–Crippen LogP) is 4.57. The Balaban J connectivity index is 1.98. The third-order valence-corrected chi connectivity index (χ3v) is 4.07. The highest BCUT2D eigenvalue weighted by Crippen LogP contribution is 2.46. The Morgan fingerprint density at radius 2 is 1.30 bits per heavy atom. The zero-order valence-corrected chi connectivity index (χ0v) is 13.3. The molecule has 0 saturated carbocycles. The van der Waals surface area contributed by atoms with Crippen LogP contribution in [0.4, 0.5) is 0 Å². The average molecular weight is 345 g/mol. The lowest BCUT2D eigenvalue weighted by Gasteiger charge is -2.17. The Morgan fingerprint density at radius 3 is 1.78 bits per heavy atom. The fraction of sp³-hybridized carbons (Fsp3) is 0.176. The molecule has 0 aromatic heterocycles. The van der Waals surface area contributed by atoms with Gasteiger partial charge in [0.2, 0.25) is 0 Å². The van der Waals surface area contributed by atoms with Gasteiger partial charge in [-0.25, -0.2) is 0 Å². The van der Waals surface area contributed by atoms with Crippen LogP contribution < -0.4 is 0 Å². The van der Waals surface area contributed by atoms with Crippen LogP contribution in [-0.4, -0.2) is 5.60 Å². The first-order valence-corrected chi connectivity index (χ1v) is 7.50. The molecule has 2 atom stereocenters. The van der Waals surface area contributed by atoms with Crippen molar-refractivity contribution in [3.8, 4) is 12.1 Å².